The summed E-state index contributed by atoms with van der Waals surface area (Å²) >= 11 is 0. The molecule has 3 rings (SSSR count). The van der Waals surface area contributed by atoms with Gasteiger partial charge in [0.2, 0.25) is 0 Å². The minimum Gasteiger partial charge on any atom is -0.340 e. The summed E-state index contributed by atoms with van der Waals surface area (Å²) in [5, 5.41) is 3.42. The number of piperazine rings is 1. The number of hydrogen-bond acceptors (Lipinski definition) is 5. The average Bonchev–Trinajstić information content (AvgIpc) is 2.68. The third-order valence-electron chi connectivity index (χ3n) is 4.93. The Balaban J connectivity index is 1.81. The van der Waals surface area contributed by atoms with E-state index in [1.54, 1.807) is 6.07 Å². The van der Waals surface area contributed by atoms with Crippen LogP contribution in [-0.4, -0.2) is 58.9 Å². The van der Waals surface area contributed by atoms with Crippen LogP contribution in [0.4, 0.5) is 11.5 Å². The van der Waals surface area contributed by atoms with E-state index in [9.17, 15) is 4.79 Å². The second-order valence-corrected chi connectivity index (χ2v) is 6.67. The lowest BCUT2D eigenvalue weighted by Crippen LogP contribution is -2.47. The average molecular weight is 353 g/mol. The Kier molecular flexibility index (Phi) is 5.83. The van der Waals surface area contributed by atoms with Gasteiger partial charge in [-0.1, -0.05) is 32.0 Å². The Hall–Kier alpha value is -2.47. The monoisotopic (exact) mass is 353 g/mol. The number of benzene rings is 1. The highest BCUT2D eigenvalue weighted by molar-refractivity contribution is 5.93. The SMILES string of the molecule is CCc1cccc(CC)c1Nc1cc(C(=O)N2CCN(C)CC2)ncn1. The van der Waals surface area contributed by atoms with Gasteiger partial charge < -0.3 is 15.1 Å². The van der Waals surface area contributed by atoms with E-state index in [4.69, 9.17) is 0 Å². The number of anilines is 2. The van der Waals surface area contributed by atoms with Crippen molar-refractivity contribution in [2.45, 2.75) is 26.7 Å². The number of para-hydroxylation sites is 1. The fourth-order valence-electron chi connectivity index (χ4n) is 3.25. The molecule has 6 heteroatoms. The number of carbonyl (C=O) groups excluding carboxylic acids is 1. The zero-order valence-corrected chi connectivity index (χ0v) is 15.8. The van der Waals surface area contributed by atoms with Crippen LogP contribution in [0.5, 0.6) is 0 Å². The molecule has 0 atom stereocenters. The molecule has 1 fully saturated rings. The predicted octanol–water partition coefficient (Wildman–Crippen LogP) is 2.73. The van der Waals surface area contributed by atoms with Crippen LogP contribution >= 0.6 is 0 Å². The second kappa shape index (κ2) is 8.27. The van der Waals surface area contributed by atoms with Gasteiger partial charge in [-0.3, -0.25) is 4.79 Å². The van der Waals surface area contributed by atoms with Crippen LogP contribution in [0, 0.1) is 0 Å². The lowest BCUT2D eigenvalue weighted by Gasteiger charge is -2.32. The Morgan fingerprint density at radius 1 is 1.08 bits per heavy atom. The number of amides is 1. The van der Waals surface area contributed by atoms with Gasteiger partial charge in [0.1, 0.15) is 17.8 Å². The fourth-order valence-corrected chi connectivity index (χ4v) is 3.25. The highest BCUT2D eigenvalue weighted by Crippen LogP contribution is 2.26. The van der Waals surface area contributed by atoms with Gasteiger partial charge in [-0.15, -0.1) is 0 Å². The number of rotatable bonds is 5. The zero-order chi connectivity index (χ0) is 18.5. The van der Waals surface area contributed by atoms with Gasteiger partial charge in [0.05, 0.1) is 0 Å². The van der Waals surface area contributed by atoms with Gasteiger partial charge in [0.15, 0.2) is 0 Å². The maximum absolute atomic E-state index is 12.7. The largest absolute Gasteiger partial charge is 0.340 e. The molecule has 1 aromatic heterocycles. The molecule has 1 aromatic carbocycles. The third-order valence-corrected chi connectivity index (χ3v) is 4.93. The molecule has 0 saturated carbocycles. The van der Waals surface area contributed by atoms with E-state index in [0.29, 0.717) is 11.5 Å². The van der Waals surface area contributed by atoms with E-state index in [-0.39, 0.29) is 5.91 Å². The molecule has 138 valence electrons. The molecular formula is C20H27N5O. The molecule has 26 heavy (non-hydrogen) atoms. The summed E-state index contributed by atoms with van der Waals surface area (Å²) in [5.41, 5.74) is 4.03. The summed E-state index contributed by atoms with van der Waals surface area (Å²) < 4.78 is 0. The molecule has 1 amide bonds. The first-order valence-electron chi connectivity index (χ1n) is 9.30. The van der Waals surface area contributed by atoms with Gasteiger partial charge >= 0.3 is 0 Å². The van der Waals surface area contributed by atoms with E-state index in [0.717, 1.165) is 44.7 Å². The van der Waals surface area contributed by atoms with Crippen molar-refractivity contribution < 1.29 is 4.79 Å². The fraction of sp³-hybridized carbons (Fsp3) is 0.450. The Bertz CT molecular complexity index is 746. The van der Waals surface area contributed by atoms with E-state index in [1.165, 1.54) is 17.5 Å². The van der Waals surface area contributed by atoms with Gasteiger partial charge in [-0.05, 0) is 31.0 Å². The summed E-state index contributed by atoms with van der Waals surface area (Å²) in [7, 11) is 2.07. The van der Waals surface area contributed by atoms with E-state index in [1.807, 2.05) is 4.90 Å². The first kappa shape index (κ1) is 18.3. The first-order valence-corrected chi connectivity index (χ1v) is 9.30. The van der Waals surface area contributed by atoms with Crippen molar-refractivity contribution in [3.8, 4) is 0 Å². The van der Waals surface area contributed by atoms with Crippen LogP contribution < -0.4 is 5.32 Å². The number of aromatic nitrogens is 2. The molecule has 0 bridgehead atoms. The maximum Gasteiger partial charge on any atom is 0.272 e. The van der Waals surface area contributed by atoms with Crippen molar-refractivity contribution in [1.82, 2.24) is 19.8 Å². The van der Waals surface area contributed by atoms with Crippen LogP contribution in [0.25, 0.3) is 0 Å². The van der Waals surface area contributed by atoms with Crippen LogP contribution in [-0.2, 0) is 12.8 Å². The molecule has 0 unspecified atom stereocenters. The minimum atomic E-state index is -0.0250. The standard InChI is InChI=1S/C20H27N5O/c1-4-15-7-6-8-16(5-2)19(15)23-18-13-17(21-14-22-18)20(26)25-11-9-24(3)10-12-25/h6-8,13-14H,4-5,9-12H2,1-3H3,(H,21,22,23). The summed E-state index contributed by atoms with van der Waals surface area (Å²) in [6.45, 7) is 7.54. The molecule has 0 aliphatic carbocycles. The number of nitrogens with zero attached hydrogens (tertiary/aromatic N) is 4. The van der Waals surface area contributed by atoms with Crippen LogP contribution in [0.3, 0.4) is 0 Å². The smallest absolute Gasteiger partial charge is 0.272 e. The first-order chi connectivity index (χ1) is 12.6. The highest BCUT2D eigenvalue weighted by Gasteiger charge is 2.21. The normalized spacial score (nSPS) is 15.1. The van der Waals surface area contributed by atoms with Crippen molar-refractivity contribution in [3.05, 3.63) is 47.4 Å². The summed E-state index contributed by atoms with van der Waals surface area (Å²) in [4.78, 5) is 25.4. The molecule has 1 aliphatic rings. The molecule has 1 aliphatic heterocycles. The lowest BCUT2D eigenvalue weighted by molar-refractivity contribution is 0.0658. The zero-order valence-electron chi connectivity index (χ0n) is 15.8. The van der Waals surface area contributed by atoms with Crippen molar-refractivity contribution in [1.29, 1.82) is 0 Å². The number of aryl methyl sites for hydroxylation is 2. The molecule has 2 heterocycles. The van der Waals surface area contributed by atoms with E-state index >= 15 is 0 Å². The molecule has 1 N–H and O–H groups in total. The molecule has 6 nitrogen and oxygen atoms in total. The van der Waals surface area contributed by atoms with Gasteiger partial charge in [-0.25, -0.2) is 9.97 Å². The van der Waals surface area contributed by atoms with E-state index < -0.39 is 0 Å². The van der Waals surface area contributed by atoms with E-state index in [2.05, 4.69) is 59.3 Å². The Morgan fingerprint density at radius 2 is 1.73 bits per heavy atom. The number of carbonyl (C=O) groups is 1. The van der Waals surface area contributed by atoms with Crippen molar-refractivity contribution in [2.75, 3.05) is 38.5 Å². The quantitative estimate of drug-likeness (QED) is 0.896. The van der Waals surface area contributed by atoms with Gasteiger partial charge in [-0.2, -0.15) is 0 Å². The van der Waals surface area contributed by atoms with Gasteiger partial charge in [0, 0.05) is 37.9 Å². The molecule has 0 spiro atoms. The van der Waals surface area contributed by atoms with Crippen LogP contribution in [0.2, 0.25) is 0 Å². The molecule has 1 saturated heterocycles. The van der Waals surface area contributed by atoms with Crippen molar-refractivity contribution in [3.63, 3.8) is 0 Å². The Morgan fingerprint density at radius 3 is 2.35 bits per heavy atom. The Labute approximate surface area is 155 Å². The predicted molar refractivity (Wildman–Crippen MR) is 104 cm³/mol. The number of nitrogens with one attached hydrogen (secondary N) is 1. The van der Waals surface area contributed by atoms with Crippen molar-refractivity contribution in [2.24, 2.45) is 0 Å². The highest BCUT2D eigenvalue weighted by atomic mass is 16.2. The topological polar surface area (TPSA) is 61.4 Å². The second-order valence-electron chi connectivity index (χ2n) is 6.67. The van der Waals surface area contributed by atoms with Crippen LogP contribution in [0.1, 0.15) is 35.5 Å². The summed E-state index contributed by atoms with van der Waals surface area (Å²) in [6.07, 6.45) is 3.34. The molecular weight excluding hydrogens is 326 g/mol. The number of hydrogen-bond donors (Lipinski definition) is 1. The van der Waals surface area contributed by atoms with Crippen molar-refractivity contribution >= 4 is 17.4 Å². The lowest BCUT2D eigenvalue weighted by atomic mass is 10.0. The maximum atomic E-state index is 12.7. The molecule has 0 radical (unpaired) electrons. The van der Waals surface area contributed by atoms with Gasteiger partial charge in [0.25, 0.3) is 5.91 Å². The van der Waals surface area contributed by atoms with Crippen LogP contribution in [0.15, 0.2) is 30.6 Å². The molecule has 2 aromatic rings. The minimum absolute atomic E-state index is 0.0250. The summed E-state index contributed by atoms with van der Waals surface area (Å²) in [5.74, 6) is 0.635. The number of likely N-dealkylation sites (N-methyl/N-ethyl adjacent to an activating group) is 1. The third kappa shape index (κ3) is 4.02. The summed E-state index contributed by atoms with van der Waals surface area (Å²) in [6, 6.07) is 8.09.